The molecule has 0 aliphatic heterocycles. The molecule has 0 saturated carbocycles. The maximum atomic E-state index is 11.4. The van der Waals surface area contributed by atoms with E-state index in [0.717, 1.165) is 0 Å². The maximum Gasteiger partial charge on any atom is 0.408 e. The molecular formula is C15H33ClN4O4. The second-order valence-electron chi connectivity index (χ2n) is 7.13. The van der Waals surface area contributed by atoms with Crippen molar-refractivity contribution in [3.63, 3.8) is 0 Å². The van der Waals surface area contributed by atoms with Crippen LogP contribution in [0.5, 0.6) is 0 Å². The summed E-state index contributed by atoms with van der Waals surface area (Å²) in [6, 6.07) is 0. The van der Waals surface area contributed by atoms with Crippen LogP contribution in [-0.2, 0) is 14.3 Å². The molecule has 8 nitrogen and oxygen atoms in total. The number of hydrogen-bond donors (Lipinski definition) is 4. The normalized spacial score (nSPS) is 11.1. The molecule has 0 unspecified atom stereocenters. The summed E-state index contributed by atoms with van der Waals surface area (Å²) in [7, 11) is 3.08. The number of likely N-dealkylation sites (N-methyl/N-ethyl adjacent to an activating group) is 2. The van der Waals surface area contributed by atoms with Gasteiger partial charge in [0.2, 0.25) is 11.8 Å². The van der Waals surface area contributed by atoms with Gasteiger partial charge in [-0.15, -0.1) is 12.4 Å². The standard InChI is InChI=1S/C10H20N2O3.C5H12N2O.ClH/c1-9(2,3)15-8(14)12-10(4,5)7(13)11-6;1-5(2,6)4(8)7-3;/h1-6H3,(H,11,13)(H,12,14);6H2,1-3H3,(H,7,8);1H. The average molecular weight is 369 g/mol. The van der Waals surface area contributed by atoms with Crippen LogP contribution in [0.25, 0.3) is 0 Å². The molecule has 0 saturated heterocycles. The van der Waals surface area contributed by atoms with Gasteiger partial charge in [-0.2, -0.15) is 0 Å². The highest BCUT2D eigenvalue weighted by atomic mass is 35.5. The molecule has 24 heavy (non-hydrogen) atoms. The van der Waals surface area contributed by atoms with Gasteiger partial charge in [-0.3, -0.25) is 9.59 Å². The lowest BCUT2D eigenvalue weighted by atomic mass is 10.1. The van der Waals surface area contributed by atoms with Gasteiger partial charge in [0.25, 0.3) is 0 Å². The number of hydrogen-bond acceptors (Lipinski definition) is 5. The smallest absolute Gasteiger partial charge is 0.408 e. The Bertz CT molecular complexity index is 426. The molecule has 0 bridgehead atoms. The molecule has 0 aromatic rings. The van der Waals surface area contributed by atoms with E-state index in [4.69, 9.17) is 10.5 Å². The highest BCUT2D eigenvalue weighted by Gasteiger charge is 2.30. The minimum atomic E-state index is -0.975. The lowest BCUT2D eigenvalue weighted by molar-refractivity contribution is -0.126. The van der Waals surface area contributed by atoms with E-state index in [9.17, 15) is 14.4 Å². The van der Waals surface area contributed by atoms with Gasteiger partial charge < -0.3 is 26.4 Å². The van der Waals surface area contributed by atoms with E-state index in [1.54, 1.807) is 55.5 Å². The molecule has 0 rings (SSSR count). The lowest BCUT2D eigenvalue weighted by Crippen LogP contribution is -2.54. The van der Waals surface area contributed by atoms with Gasteiger partial charge in [0.15, 0.2) is 0 Å². The van der Waals surface area contributed by atoms with Gasteiger partial charge in [0.1, 0.15) is 11.1 Å². The largest absolute Gasteiger partial charge is 0.444 e. The lowest BCUT2D eigenvalue weighted by Gasteiger charge is -2.27. The third kappa shape index (κ3) is 13.0. The van der Waals surface area contributed by atoms with Gasteiger partial charge >= 0.3 is 6.09 Å². The van der Waals surface area contributed by atoms with Crippen LogP contribution in [0.2, 0.25) is 0 Å². The number of carbonyl (C=O) groups is 3. The van der Waals surface area contributed by atoms with Gasteiger partial charge in [0, 0.05) is 14.1 Å². The van der Waals surface area contributed by atoms with E-state index < -0.39 is 22.8 Å². The van der Waals surface area contributed by atoms with Crippen LogP contribution >= 0.6 is 12.4 Å². The number of nitrogens with one attached hydrogen (secondary N) is 3. The van der Waals surface area contributed by atoms with Crippen LogP contribution in [0.4, 0.5) is 4.79 Å². The van der Waals surface area contributed by atoms with Crippen molar-refractivity contribution in [2.45, 2.75) is 65.1 Å². The third-order valence-electron chi connectivity index (χ3n) is 2.42. The Morgan fingerprint density at radius 1 is 0.833 bits per heavy atom. The Labute approximate surface area is 151 Å². The second kappa shape index (κ2) is 10.4. The molecule has 0 spiro atoms. The van der Waals surface area contributed by atoms with Gasteiger partial charge in [-0.05, 0) is 48.5 Å². The molecule has 0 aliphatic rings. The highest BCUT2D eigenvalue weighted by Crippen LogP contribution is 2.09. The third-order valence-corrected chi connectivity index (χ3v) is 2.42. The number of amides is 3. The Kier molecular flexibility index (Phi) is 11.8. The monoisotopic (exact) mass is 368 g/mol. The Morgan fingerprint density at radius 3 is 1.42 bits per heavy atom. The molecule has 144 valence electrons. The first-order valence-corrected chi connectivity index (χ1v) is 7.31. The topological polar surface area (TPSA) is 123 Å². The first-order chi connectivity index (χ1) is 10.1. The first-order valence-electron chi connectivity index (χ1n) is 7.31. The van der Waals surface area contributed by atoms with Crippen molar-refractivity contribution in [1.29, 1.82) is 0 Å². The van der Waals surface area contributed by atoms with Crippen LogP contribution in [-0.4, -0.2) is 48.7 Å². The Balaban J connectivity index is -0.000000419. The summed E-state index contributed by atoms with van der Waals surface area (Å²) in [5, 5.41) is 7.40. The summed E-state index contributed by atoms with van der Waals surface area (Å²) in [4.78, 5) is 33.3. The molecule has 0 aromatic carbocycles. The Hall–Kier alpha value is -1.54. The molecule has 9 heteroatoms. The van der Waals surface area contributed by atoms with Crippen molar-refractivity contribution in [2.24, 2.45) is 5.73 Å². The molecule has 0 radical (unpaired) electrons. The number of alkyl carbamates (subject to hydrolysis) is 1. The molecule has 0 aliphatic carbocycles. The number of nitrogens with two attached hydrogens (primary N) is 1. The molecule has 3 amide bonds. The van der Waals surface area contributed by atoms with Crippen LogP contribution in [0.15, 0.2) is 0 Å². The molecule has 0 fully saturated rings. The van der Waals surface area contributed by atoms with Crippen molar-refractivity contribution < 1.29 is 19.1 Å². The molecular weight excluding hydrogens is 336 g/mol. The molecule has 0 heterocycles. The fourth-order valence-electron chi connectivity index (χ4n) is 1.25. The van der Waals surface area contributed by atoms with Crippen LogP contribution < -0.4 is 21.7 Å². The summed E-state index contributed by atoms with van der Waals surface area (Å²) < 4.78 is 5.04. The van der Waals surface area contributed by atoms with Crippen LogP contribution in [0.1, 0.15) is 48.5 Å². The van der Waals surface area contributed by atoms with Crippen LogP contribution in [0.3, 0.4) is 0 Å². The van der Waals surface area contributed by atoms with Gasteiger partial charge in [0.05, 0.1) is 5.54 Å². The van der Waals surface area contributed by atoms with Crippen LogP contribution in [0, 0.1) is 0 Å². The summed E-state index contributed by atoms with van der Waals surface area (Å²) in [6.45, 7) is 11.8. The van der Waals surface area contributed by atoms with E-state index in [1.165, 1.54) is 7.05 Å². The summed E-state index contributed by atoms with van der Waals surface area (Å²) >= 11 is 0. The second-order valence-corrected chi connectivity index (χ2v) is 7.13. The van der Waals surface area contributed by atoms with Crippen molar-refractivity contribution in [3.05, 3.63) is 0 Å². The minimum absolute atomic E-state index is 0. The molecule has 5 N–H and O–H groups in total. The van der Waals surface area contributed by atoms with Crippen molar-refractivity contribution in [2.75, 3.05) is 14.1 Å². The number of carbonyl (C=O) groups excluding carboxylic acids is 3. The van der Waals surface area contributed by atoms with Crippen molar-refractivity contribution in [3.8, 4) is 0 Å². The summed E-state index contributed by atoms with van der Waals surface area (Å²) in [5.74, 6) is -0.411. The van der Waals surface area contributed by atoms with Gasteiger partial charge in [-0.25, -0.2) is 4.79 Å². The number of halogens is 1. The van der Waals surface area contributed by atoms with Gasteiger partial charge in [-0.1, -0.05) is 0 Å². The quantitative estimate of drug-likeness (QED) is 0.590. The number of ether oxygens (including phenoxy) is 1. The predicted octanol–water partition coefficient (Wildman–Crippen LogP) is 0.927. The summed E-state index contributed by atoms with van der Waals surface area (Å²) in [6.07, 6.45) is -0.601. The van der Waals surface area contributed by atoms with E-state index in [-0.39, 0.29) is 24.2 Å². The van der Waals surface area contributed by atoms with Crippen molar-refractivity contribution in [1.82, 2.24) is 16.0 Å². The number of rotatable bonds is 3. The maximum absolute atomic E-state index is 11.4. The van der Waals surface area contributed by atoms with E-state index in [2.05, 4.69) is 16.0 Å². The zero-order valence-corrected chi connectivity index (χ0v) is 16.9. The molecule has 0 atom stereocenters. The SMILES string of the molecule is CNC(=O)C(C)(C)N.CNC(=O)C(C)(C)NC(=O)OC(C)(C)C.Cl. The minimum Gasteiger partial charge on any atom is -0.444 e. The predicted molar refractivity (Wildman–Crippen MR) is 97.1 cm³/mol. The molecule has 0 aromatic heterocycles. The van der Waals surface area contributed by atoms with E-state index in [0.29, 0.717) is 0 Å². The fraction of sp³-hybridized carbons (Fsp3) is 0.800. The first kappa shape index (κ1) is 27.3. The fourth-order valence-corrected chi connectivity index (χ4v) is 1.25. The highest BCUT2D eigenvalue weighted by molar-refractivity contribution is 5.88. The zero-order valence-electron chi connectivity index (χ0n) is 16.1. The van der Waals surface area contributed by atoms with E-state index in [1.807, 2.05) is 0 Å². The Morgan fingerprint density at radius 2 is 1.21 bits per heavy atom. The average Bonchev–Trinajstić information content (AvgIpc) is 2.33. The summed E-state index contributed by atoms with van der Waals surface area (Å²) in [5.41, 5.74) is 3.09. The van der Waals surface area contributed by atoms with Crippen molar-refractivity contribution >= 4 is 30.3 Å². The van der Waals surface area contributed by atoms with E-state index >= 15 is 0 Å². The zero-order chi connectivity index (χ0) is 19.1.